The molecule has 3 aromatic heterocycles. The van der Waals surface area contributed by atoms with Gasteiger partial charge in [-0.2, -0.15) is 10.1 Å². The third kappa shape index (κ3) is 3.39. The van der Waals surface area contributed by atoms with Crippen LogP contribution < -0.4 is 5.32 Å². The van der Waals surface area contributed by atoms with Gasteiger partial charge in [0, 0.05) is 23.5 Å². The van der Waals surface area contributed by atoms with Crippen molar-refractivity contribution in [2.75, 3.05) is 5.32 Å². The predicted molar refractivity (Wildman–Crippen MR) is 98.6 cm³/mol. The molecular formula is C18H18N8O. The van der Waals surface area contributed by atoms with Crippen molar-refractivity contribution in [3.05, 3.63) is 60.2 Å². The van der Waals surface area contributed by atoms with E-state index in [0.29, 0.717) is 18.6 Å². The largest absolute Gasteiger partial charge is 0.326 e. The lowest BCUT2D eigenvalue weighted by Gasteiger charge is -2.11. The molecule has 0 spiro atoms. The van der Waals surface area contributed by atoms with E-state index in [1.165, 1.54) is 6.33 Å². The molecule has 0 atom stereocenters. The highest BCUT2D eigenvalue weighted by molar-refractivity contribution is 5.91. The second-order valence-electron chi connectivity index (χ2n) is 6.20. The molecule has 1 aromatic carbocycles. The zero-order valence-corrected chi connectivity index (χ0v) is 15.0. The lowest BCUT2D eigenvalue weighted by Crippen LogP contribution is -2.14. The van der Waals surface area contributed by atoms with Gasteiger partial charge in [-0.3, -0.25) is 9.36 Å². The topological polar surface area (TPSA) is 103 Å². The summed E-state index contributed by atoms with van der Waals surface area (Å²) in [6.45, 7) is 3.89. The molecule has 0 fully saturated rings. The summed E-state index contributed by atoms with van der Waals surface area (Å²) >= 11 is 0. The van der Waals surface area contributed by atoms with Crippen molar-refractivity contribution in [2.24, 2.45) is 0 Å². The molecule has 27 heavy (non-hydrogen) atoms. The fourth-order valence-electron chi connectivity index (χ4n) is 3.06. The van der Waals surface area contributed by atoms with Crippen LogP contribution in [-0.2, 0) is 11.2 Å². The van der Waals surface area contributed by atoms with Crippen molar-refractivity contribution in [1.29, 1.82) is 0 Å². The van der Waals surface area contributed by atoms with Crippen LogP contribution in [0.4, 0.5) is 5.69 Å². The average molecular weight is 362 g/mol. The number of anilines is 1. The Morgan fingerprint density at radius 1 is 1.19 bits per heavy atom. The highest BCUT2D eigenvalue weighted by atomic mass is 16.1. The van der Waals surface area contributed by atoms with Gasteiger partial charge in [0.2, 0.25) is 5.91 Å². The van der Waals surface area contributed by atoms with Crippen LogP contribution in [0.2, 0.25) is 0 Å². The smallest absolute Gasteiger partial charge is 0.252 e. The number of nitrogens with zero attached hydrogens (tertiary/aromatic N) is 7. The van der Waals surface area contributed by atoms with Crippen molar-refractivity contribution >= 4 is 17.4 Å². The van der Waals surface area contributed by atoms with E-state index < -0.39 is 0 Å². The number of rotatable bonds is 5. The Hall–Kier alpha value is -3.62. The number of carbonyl (C=O) groups excluding carboxylic acids is 1. The SMILES string of the molecule is Cc1nc2ncnn2c(C)c1CCC(=O)Nc1cccc(-n2cnnc2)c1. The van der Waals surface area contributed by atoms with Gasteiger partial charge in [-0.25, -0.2) is 9.50 Å². The second-order valence-corrected chi connectivity index (χ2v) is 6.20. The number of carbonyl (C=O) groups is 1. The Kier molecular flexibility index (Phi) is 4.33. The maximum Gasteiger partial charge on any atom is 0.252 e. The van der Waals surface area contributed by atoms with Crippen molar-refractivity contribution in [3.63, 3.8) is 0 Å². The van der Waals surface area contributed by atoms with Gasteiger partial charge in [-0.1, -0.05) is 6.07 Å². The molecule has 1 N–H and O–H groups in total. The van der Waals surface area contributed by atoms with E-state index in [0.717, 1.165) is 28.3 Å². The minimum absolute atomic E-state index is 0.0617. The van der Waals surface area contributed by atoms with E-state index in [1.807, 2.05) is 38.1 Å². The number of fused-ring (bicyclic) bond motifs is 1. The van der Waals surface area contributed by atoms with Gasteiger partial charge in [-0.05, 0) is 44.0 Å². The number of hydrogen-bond donors (Lipinski definition) is 1. The molecule has 3 heterocycles. The van der Waals surface area contributed by atoms with Gasteiger partial charge in [0.15, 0.2) is 0 Å². The second kappa shape index (κ2) is 6.94. The summed E-state index contributed by atoms with van der Waals surface area (Å²) in [6.07, 6.45) is 5.63. The maximum atomic E-state index is 12.4. The van der Waals surface area contributed by atoms with Gasteiger partial charge in [0.25, 0.3) is 5.78 Å². The van der Waals surface area contributed by atoms with Gasteiger partial charge >= 0.3 is 0 Å². The molecular weight excluding hydrogens is 344 g/mol. The molecule has 9 heteroatoms. The Morgan fingerprint density at radius 3 is 2.81 bits per heavy atom. The predicted octanol–water partition coefficient (Wildman–Crippen LogP) is 1.89. The van der Waals surface area contributed by atoms with E-state index >= 15 is 0 Å². The molecule has 0 unspecified atom stereocenters. The maximum absolute atomic E-state index is 12.4. The van der Waals surface area contributed by atoms with Crippen LogP contribution in [0.1, 0.15) is 23.4 Å². The highest BCUT2D eigenvalue weighted by Crippen LogP contribution is 2.17. The van der Waals surface area contributed by atoms with Crippen molar-refractivity contribution < 1.29 is 4.79 Å². The van der Waals surface area contributed by atoms with E-state index in [9.17, 15) is 4.79 Å². The van der Waals surface area contributed by atoms with E-state index in [4.69, 9.17) is 0 Å². The van der Waals surface area contributed by atoms with Gasteiger partial charge in [-0.15, -0.1) is 10.2 Å². The van der Waals surface area contributed by atoms with Crippen LogP contribution in [0.15, 0.2) is 43.2 Å². The first kappa shape index (κ1) is 16.8. The normalized spacial score (nSPS) is 11.0. The number of hydrogen-bond acceptors (Lipinski definition) is 6. The molecule has 0 aliphatic rings. The minimum Gasteiger partial charge on any atom is -0.326 e. The van der Waals surface area contributed by atoms with Crippen LogP contribution in [0.5, 0.6) is 0 Å². The first-order valence-corrected chi connectivity index (χ1v) is 8.52. The lowest BCUT2D eigenvalue weighted by atomic mass is 10.1. The zero-order chi connectivity index (χ0) is 18.8. The number of benzene rings is 1. The number of aromatic nitrogens is 7. The summed E-state index contributed by atoms with van der Waals surface area (Å²) in [6, 6.07) is 7.53. The van der Waals surface area contributed by atoms with Crippen LogP contribution in [0.3, 0.4) is 0 Å². The first-order valence-electron chi connectivity index (χ1n) is 8.52. The summed E-state index contributed by atoms with van der Waals surface area (Å²) in [7, 11) is 0. The summed E-state index contributed by atoms with van der Waals surface area (Å²) in [5.74, 6) is 0.511. The summed E-state index contributed by atoms with van der Waals surface area (Å²) in [5.41, 5.74) is 4.45. The molecule has 1 amide bonds. The van der Waals surface area contributed by atoms with E-state index in [-0.39, 0.29) is 5.91 Å². The molecule has 0 saturated carbocycles. The van der Waals surface area contributed by atoms with E-state index in [1.54, 1.807) is 21.7 Å². The summed E-state index contributed by atoms with van der Waals surface area (Å²) in [4.78, 5) is 21.0. The summed E-state index contributed by atoms with van der Waals surface area (Å²) < 4.78 is 3.48. The summed E-state index contributed by atoms with van der Waals surface area (Å²) in [5, 5.41) is 14.7. The Morgan fingerprint density at radius 2 is 2.00 bits per heavy atom. The Labute approximate surface area is 155 Å². The highest BCUT2D eigenvalue weighted by Gasteiger charge is 2.13. The molecule has 9 nitrogen and oxygen atoms in total. The van der Waals surface area contributed by atoms with Crippen LogP contribution in [0, 0.1) is 13.8 Å². The molecule has 4 rings (SSSR count). The molecule has 0 saturated heterocycles. The molecule has 136 valence electrons. The van der Waals surface area contributed by atoms with Gasteiger partial charge in [0.05, 0.1) is 5.69 Å². The molecule has 0 bridgehead atoms. The zero-order valence-electron chi connectivity index (χ0n) is 15.0. The number of amides is 1. The van der Waals surface area contributed by atoms with Gasteiger partial charge in [0.1, 0.15) is 19.0 Å². The number of aryl methyl sites for hydroxylation is 2. The third-order valence-corrected chi connectivity index (χ3v) is 4.44. The quantitative estimate of drug-likeness (QED) is 0.581. The average Bonchev–Trinajstić information content (AvgIpc) is 3.33. The lowest BCUT2D eigenvalue weighted by molar-refractivity contribution is -0.116. The molecule has 0 aliphatic carbocycles. The third-order valence-electron chi connectivity index (χ3n) is 4.44. The van der Waals surface area contributed by atoms with E-state index in [2.05, 4.69) is 30.6 Å². The minimum atomic E-state index is -0.0617. The number of nitrogens with one attached hydrogen (secondary N) is 1. The van der Waals surface area contributed by atoms with Crippen molar-refractivity contribution in [2.45, 2.75) is 26.7 Å². The van der Waals surface area contributed by atoms with Crippen LogP contribution in [0.25, 0.3) is 11.5 Å². The fourth-order valence-corrected chi connectivity index (χ4v) is 3.06. The first-order chi connectivity index (χ1) is 13.1. The van der Waals surface area contributed by atoms with Crippen molar-refractivity contribution in [3.8, 4) is 5.69 Å². The van der Waals surface area contributed by atoms with Crippen LogP contribution in [-0.4, -0.2) is 40.3 Å². The molecule has 0 aliphatic heterocycles. The Balaban J connectivity index is 1.46. The van der Waals surface area contributed by atoms with Crippen LogP contribution >= 0.6 is 0 Å². The Bertz CT molecular complexity index is 1100. The fraction of sp³-hybridized carbons (Fsp3) is 0.222. The van der Waals surface area contributed by atoms with Gasteiger partial charge < -0.3 is 5.32 Å². The van der Waals surface area contributed by atoms with Crippen molar-refractivity contribution in [1.82, 2.24) is 34.3 Å². The molecule has 4 aromatic rings. The molecule has 0 radical (unpaired) electrons. The monoisotopic (exact) mass is 362 g/mol. The standard InChI is InChI=1S/C18H18N8O/c1-12-16(13(2)26-18(23-12)19-9-22-26)6-7-17(27)24-14-4-3-5-15(8-14)25-10-20-21-11-25/h3-5,8-11H,6-7H2,1-2H3,(H,24,27).